The number of sulfonamides is 1. The van der Waals surface area contributed by atoms with Gasteiger partial charge < -0.3 is 10.2 Å². The van der Waals surface area contributed by atoms with Crippen molar-refractivity contribution in [3.63, 3.8) is 0 Å². The second-order valence-electron chi connectivity index (χ2n) is 7.15. The molecule has 162 valence electrons. The molecule has 1 aliphatic rings. The number of piperazine rings is 1. The average molecular weight is 441 g/mol. The quantitative estimate of drug-likeness (QED) is 0.775. The number of nitrogens with zero attached hydrogens (tertiary/aromatic N) is 2. The van der Waals surface area contributed by atoms with Crippen molar-refractivity contribution >= 4 is 21.6 Å². The van der Waals surface area contributed by atoms with Crippen LogP contribution in [0.3, 0.4) is 0 Å². The van der Waals surface area contributed by atoms with Crippen molar-refractivity contribution in [2.75, 3.05) is 38.5 Å². The van der Waals surface area contributed by atoms with E-state index in [2.05, 4.69) is 10.2 Å². The molecular formula is C20H22F3N3O3S. The van der Waals surface area contributed by atoms with E-state index in [9.17, 15) is 26.4 Å². The number of carbonyl (C=O) groups is 1. The standard InChI is InChI=1S/C20H22F3N3O3S/c1-25-10-12-26(13-11-25)30(28,29)14-15-6-8-16(9-7-15)19(27)24-18-5-3-2-4-17(18)20(21,22)23/h2-9H,10-14H2,1H3,(H,24,27). The first-order valence-electron chi connectivity index (χ1n) is 9.29. The number of likely N-dealkylation sites (N-methyl/N-ethyl adjacent to an activating group) is 1. The van der Waals surface area contributed by atoms with Crippen LogP contribution >= 0.6 is 0 Å². The van der Waals surface area contributed by atoms with Crippen LogP contribution in [0.2, 0.25) is 0 Å². The van der Waals surface area contributed by atoms with Crippen LogP contribution in [0.1, 0.15) is 21.5 Å². The molecule has 1 amide bonds. The van der Waals surface area contributed by atoms with Gasteiger partial charge in [0.25, 0.3) is 5.91 Å². The van der Waals surface area contributed by atoms with Crippen LogP contribution in [0.4, 0.5) is 18.9 Å². The van der Waals surface area contributed by atoms with Gasteiger partial charge in [-0.1, -0.05) is 24.3 Å². The second-order valence-corrected chi connectivity index (χ2v) is 9.12. The van der Waals surface area contributed by atoms with E-state index in [1.165, 1.54) is 46.8 Å². The van der Waals surface area contributed by atoms with Gasteiger partial charge in [-0.25, -0.2) is 8.42 Å². The molecule has 2 aromatic rings. The fraction of sp³-hybridized carbons (Fsp3) is 0.350. The van der Waals surface area contributed by atoms with Crippen molar-refractivity contribution in [3.05, 3.63) is 65.2 Å². The third-order valence-corrected chi connectivity index (χ3v) is 6.75. The van der Waals surface area contributed by atoms with Gasteiger partial charge in [0.15, 0.2) is 0 Å². The van der Waals surface area contributed by atoms with E-state index in [1.54, 1.807) is 0 Å². The number of nitrogens with one attached hydrogen (secondary N) is 1. The van der Waals surface area contributed by atoms with Gasteiger partial charge in [0, 0.05) is 31.7 Å². The molecule has 0 spiro atoms. The molecule has 0 radical (unpaired) electrons. The van der Waals surface area contributed by atoms with Crippen molar-refractivity contribution in [3.8, 4) is 0 Å². The van der Waals surface area contributed by atoms with Crippen LogP contribution in [0.5, 0.6) is 0 Å². The Kier molecular flexibility index (Phi) is 6.49. The number of carbonyl (C=O) groups excluding carboxylic acids is 1. The van der Waals surface area contributed by atoms with Gasteiger partial charge in [-0.05, 0) is 36.9 Å². The Hall–Kier alpha value is -2.43. The summed E-state index contributed by atoms with van der Waals surface area (Å²) in [5.74, 6) is -0.907. The molecule has 6 nitrogen and oxygen atoms in total. The van der Waals surface area contributed by atoms with Gasteiger partial charge >= 0.3 is 6.18 Å². The number of hydrogen-bond acceptors (Lipinski definition) is 4. The van der Waals surface area contributed by atoms with E-state index in [-0.39, 0.29) is 17.0 Å². The maximum absolute atomic E-state index is 13.1. The summed E-state index contributed by atoms with van der Waals surface area (Å²) in [7, 11) is -1.55. The zero-order valence-electron chi connectivity index (χ0n) is 16.3. The summed E-state index contributed by atoms with van der Waals surface area (Å²) in [4.78, 5) is 14.4. The van der Waals surface area contributed by atoms with Gasteiger partial charge in [-0.15, -0.1) is 0 Å². The summed E-state index contributed by atoms with van der Waals surface area (Å²) in [6.45, 7) is 2.19. The molecule has 1 heterocycles. The van der Waals surface area contributed by atoms with Crippen LogP contribution in [0.25, 0.3) is 0 Å². The molecule has 0 aromatic heterocycles. The Morgan fingerprint density at radius 1 is 1.00 bits per heavy atom. The van der Waals surface area contributed by atoms with Crippen LogP contribution in [-0.4, -0.2) is 56.8 Å². The lowest BCUT2D eigenvalue weighted by Gasteiger charge is -2.31. The third-order valence-electron chi connectivity index (χ3n) is 4.90. The number of alkyl halides is 3. The molecule has 30 heavy (non-hydrogen) atoms. The minimum atomic E-state index is -4.59. The largest absolute Gasteiger partial charge is 0.418 e. The summed E-state index contributed by atoms with van der Waals surface area (Å²) in [6, 6.07) is 10.5. The zero-order valence-corrected chi connectivity index (χ0v) is 17.1. The minimum absolute atomic E-state index is 0.132. The molecule has 0 aliphatic carbocycles. The summed E-state index contributed by atoms with van der Waals surface area (Å²) in [5.41, 5.74) is -0.640. The maximum atomic E-state index is 13.1. The highest BCUT2D eigenvalue weighted by Crippen LogP contribution is 2.34. The highest BCUT2D eigenvalue weighted by atomic mass is 32.2. The molecule has 0 bridgehead atoms. The number of anilines is 1. The molecule has 0 atom stereocenters. The summed E-state index contributed by atoms with van der Waals surface area (Å²) < 4.78 is 65.8. The highest BCUT2D eigenvalue weighted by molar-refractivity contribution is 7.88. The molecule has 0 saturated carbocycles. The van der Waals surface area contributed by atoms with Gasteiger partial charge in [-0.2, -0.15) is 17.5 Å². The molecule has 1 N–H and O–H groups in total. The summed E-state index contributed by atoms with van der Waals surface area (Å²) in [6.07, 6.45) is -4.59. The Bertz CT molecular complexity index is 1000. The highest BCUT2D eigenvalue weighted by Gasteiger charge is 2.33. The lowest BCUT2D eigenvalue weighted by Crippen LogP contribution is -2.47. The van der Waals surface area contributed by atoms with Crippen LogP contribution in [0.15, 0.2) is 48.5 Å². The van der Waals surface area contributed by atoms with Gasteiger partial charge in [-0.3, -0.25) is 4.79 Å². The van der Waals surface area contributed by atoms with Crippen molar-refractivity contribution in [2.45, 2.75) is 11.9 Å². The minimum Gasteiger partial charge on any atom is -0.321 e. The topological polar surface area (TPSA) is 69.7 Å². The lowest BCUT2D eigenvalue weighted by atomic mass is 10.1. The molecule has 0 unspecified atom stereocenters. The number of amides is 1. The lowest BCUT2D eigenvalue weighted by molar-refractivity contribution is -0.136. The number of benzene rings is 2. The van der Waals surface area contributed by atoms with Crippen molar-refractivity contribution < 1.29 is 26.4 Å². The second kappa shape index (κ2) is 8.75. The Morgan fingerprint density at radius 3 is 2.20 bits per heavy atom. The van der Waals surface area contributed by atoms with Crippen LogP contribution in [-0.2, 0) is 22.0 Å². The van der Waals surface area contributed by atoms with Crippen LogP contribution < -0.4 is 5.32 Å². The number of halogens is 3. The van der Waals surface area contributed by atoms with Crippen molar-refractivity contribution in [2.24, 2.45) is 0 Å². The molecule has 3 rings (SSSR count). The monoisotopic (exact) mass is 441 g/mol. The molecule has 1 saturated heterocycles. The number of para-hydroxylation sites is 1. The average Bonchev–Trinajstić information content (AvgIpc) is 2.68. The van der Waals surface area contributed by atoms with E-state index in [4.69, 9.17) is 0 Å². The maximum Gasteiger partial charge on any atom is 0.418 e. The Morgan fingerprint density at radius 2 is 1.60 bits per heavy atom. The number of hydrogen-bond donors (Lipinski definition) is 1. The van der Waals surface area contributed by atoms with E-state index in [1.807, 2.05) is 7.05 Å². The van der Waals surface area contributed by atoms with Gasteiger partial charge in [0.1, 0.15) is 0 Å². The normalized spacial score (nSPS) is 16.4. The molecule has 10 heteroatoms. The fourth-order valence-corrected chi connectivity index (χ4v) is 4.67. The third kappa shape index (κ3) is 5.38. The predicted octanol–water partition coefficient (Wildman–Crippen LogP) is 3.03. The Labute approximate surface area is 173 Å². The summed E-state index contributed by atoms with van der Waals surface area (Å²) >= 11 is 0. The smallest absolute Gasteiger partial charge is 0.321 e. The first-order valence-corrected chi connectivity index (χ1v) is 10.9. The summed E-state index contributed by atoms with van der Waals surface area (Å²) in [5, 5.41) is 2.27. The van der Waals surface area contributed by atoms with E-state index in [0.717, 1.165) is 6.07 Å². The molecule has 1 aliphatic heterocycles. The van der Waals surface area contributed by atoms with Crippen LogP contribution in [0, 0.1) is 0 Å². The fourth-order valence-electron chi connectivity index (χ4n) is 3.15. The predicted molar refractivity (Wildman–Crippen MR) is 108 cm³/mol. The zero-order chi connectivity index (χ0) is 21.9. The Balaban J connectivity index is 1.68. The van der Waals surface area contributed by atoms with Gasteiger partial charge in [0.2, 0.25) is 10.0 Å². The van der Waals surface area contributed by atoms with Crippen molar-refractivity contribution in [1.29, 1.82) is 0 Å². The number of rotatable bonds is 5. The van der Waals surface area contributed by atoms with E-state index in [0.29, 0.717) is 31.7 Å². The van der Waals surface area contributed by atoms with Crippen molar-refractivity contribution in [1.82, 2.24) is 9.21 Å². The molecule has 2 aromatic carbocycles. The van der Waals surface area contributed by atoms with E-state index >= 15 is 0 Å². The van der Waals surface area contributed by atoms with Gasteiger partial charge in [0.05, 0.1) is 17.0 Å². The SMILES string of the molecule is CN1CCN(S(=O)(=O)Cc2ccc(C(=O)Nc3ccccc3C(F)(F)F)cc2)CC1. The van der Waals surface area contributed by atoms with E-state index < -0.39 is 27.7 Å². The molecular weight excluding hydrogens is 419 g/mol. The first-order chi connectivity index (χ1) is 14.1. The first kappa shape index (κ1) is 22.3. The molecule has 1 fully saturated rings.